The minimum absolute atomic E-state index is 0.239. The first-order valence-electron chi connectivity index (χ1n) is 5.41. The molecule has 15 heavy (non-hydrogen) atoms. The highest BCUT2D eigenvalue weighted by atomic mass is 16.5. The second-order valence-electron chi connectivity index (χ2n) is 4.69. The number of hydrogen-bond donors (Lipinski definition) is 1. The van der Waals surface area contributed by atoms with E-state index in [4.69, 9.17) is 10.5 Å². The van der Waals surface area contributed by atoms with E-state index >= 15 is 0 Å². The normalized spacial score (nSPS) is 11.5. The molecule has 0 saturated carbocycles. The number of benzene rings is 1. The Kier molecular flexibility index (Phi) is 4.15. The smallest absolute Gasteiger partial charge is 0.122 e. The zero-order chi connectivity index (χ0) is 11.3. The summed E-state index contributed by atoms with van der Waals surface area (Å²) in [6.07, 6.45) is 2.04. The van der Waals surface area contributed by atoms with Gasteiger partial charge >= 0.3 is 0 Å². The Hall–Kier alpha value is -1.02. The molecule has 0 saturated heterocycles. The first kappa shape index (κ1) is 12.1. The van der Waals surface area contributed by atoms with Crippen LogP contribution in [0.2, 0.25) is 0 Å². The summed E-state index contributed by atoms with van der Waals surface area (Å²) in [5, 5.41) is 0. The molecule has 1 aromatic carbocycles. The lowest BCUT2D eigenvalue weighted by Crippen LogP contribution is -2.20. The maximum Gasteiger partial charge on any atom is 0.122 e. The molecule has 1 rings (SSSR count). The molecular formula is C13H21NO. The van der Waals surface area contributed by atoms with Crippen LogP contribution in [-0.2, 0) is 6.42 Å². The van der Waals surface area contributed by atoms with E-state index in [1.54, 1.807) is 7.11 Å². The van der Waals surface area contributed by atoms with E-state index in [0.717, 1.165) is 25.1 Å². The number of hydrogen-bond acceptors (Lipinski definition) is 2. The third-order valence-electron chi connectivity index (χ3n) is 2.68. The number of rotatable bonds is 5. The van der Waals surface area contributed by atoms with Crippen molar-refractivity contribution < 1.29 is 4.74 Å². The summed E-state index contributed by atoms with van der Waals surface area (Å²) >= 11 is 0. The third kappa shape index (κ3) is 3.56. The van der Waals surface area contributed by atoms with E-state index in [1.807, 2.05) is 12.1 Å². The summed E-state index contributed by atoms with van der Waals surface area (Å²) in [7, 11) is 1.72. The average molecular weight is 207 g/mol. The molecular weight excluding hydrogens is 186 g/mol. The molecule has 0 spiro atoms. The molecule has 1 aromatic rings. The van der Waals surface area contributed by atoms with Crippen molar-refractivity contribution >= 4 is 0 Å². The van der Waals surface area contributed by atoms with Crippen molar-refractivity contribution in [3.8, 4) is 5.75 Å². The van der Waals surface area contributed by atoms with Crippen molar-refractivity contribution in [2.24, 2.45) is 11.1 Å². The zero-order valence-electron chi connectivity index (χ0n) is 9.92. The molecule has 2 nitrogen and oxygen atoms in total. The average Bonchev–Trinajstić information content (AvgIpc) is 2.17. The van der Waals surface area contributed by atoms with Gasteiger partial charge in [0.05, 0.1) is 7.11 Å². The molecule has 0 aromatic heterocycles. The van der Waals surface area contributed by atoms with E-state index in [9.17, 15) is 0 Å². The largest absolute Gasteiger partial charge is 0.496 e. The molecule has 0 bridgehead atoms. The molecule has 0 unspecified atom stereocenters. The van der Waals surface area contributed by atoms with Crippen molar-refractivity contribution in [1.82, 2.24) is 0 Å². The second-order valence-corrected chi connectivity index (χ2v) is 4.69. The van der Waals surface area contributed by atoms with Crippen LogP contribution < -0.4 is 10.5 Å². The predicted octanol–water partition coefficient (Wildman–Crippen LogP) is 2.61. The molecule has 0 fully saturated rings. The summed E-state index contributed by atoms with van der Waals surface area (Å²) in [4.78, 5) is 0. The quantitative estimate of drug-likeness (QED) is 0.805. The van der Waals surface area contributed by atoms with Gasteiger partial charge in [-0.1, -0.05) is 32.0 Å². The van der Waals surface area contributed by atoms with E-state index < -0.39 is 0 Å². The van der Waals surface area contributed by atoms with Crippen molar-refractivity contribution in [3.05, 3.63) is 29.8 Å². The van der Waals surface area contributed by atoms with Crippen LogP contribution >= 0.6 is 0 Å². The van der Waals surface area contributed by atoms with Crippen molar-refractivity contribution in [2.45, 2.75) is 26.7 Å². The molecule has 0 atom stereocenters. The summed E-state index contributed by atoms with van der Waals surface area (Å²) in [6, 6.07) is 8.18. The van der Waals surface area contributed by atoms with Crippen LogP contribution in [0, 0.1) is 5.41 Å². The maximum absolute atomic E-state index is 5.61. The lowest BCUT2D eigenvalue weighted by Gasteiger charge is -2.24. The molecule has 0 amide bonds. The highest BCUT2D eigenvalue weighted by Crippen LogP contribution is 2.29. The lowest BCUT2D eigenvalue weighted by atomic mass is 9.82. The molecule has 84 valence electrons. The van der Waals surface area contributed by atoms with Gasteiger partial charge in [0, 0.05) is 0 Å². The molecule has 2 heteroatoms. The van der Waals surface area contributed by atoms with Crippen LogP contribution in [0.25, 0.3) is 0 Å². The van der Waals surface area contributed by atoms with Gasteiger partial charge in [0.2, 0.25) is 0 Å². The van der Waals surface area contributed by atoms with Gasteiger partial charge < -0.3 is 10.5 Å². The SMILES string of the molecule is COc1ccccc1CC(C)(C)CCN. The first-order chi connectivity index (χ1) is 7.09. The third-order valence-corrected chi connectivity index (χ3v) is 2.68. The van der Waals surface area contributed by atoms with Crippen LogP contribution in [0.15, 0.2) is 24.3 Å². The Labute approximate surface area is 92.4 Å². The van der Waals surface area contributed by atoms with Gasteiger partial charge in [0.1, 0.15) is 5.75 Å². The fourth-order valence-corrected chi connectivity index (χ4v) is 1.84. The Morgan fingerprint density at radius 2 is 1.93 bits per heavy atom. The van der Waals surface area contributed by atoms with Gasteiger partial charge in [-0.05, 0) is 36.4 Å². The van der Waals surface area contributed by atoms with E-state index in [-0.39, 0.29) is 5.41 Å². The monoisotopic (exact) mass is 207 g/mol. The molecule has 2 N–H and O–H groups in total. The standard InChI is InChI=1S/C13H21NO/c1-13(2,8-9-14)10-11-6-4-5-7-12(11)15-3/h4-7H,8-10,14H2,1-3H3. The Morgan fingerprint density at radius 3 is 2.53 bits per heavy atom. The minimum Gasteiger partial charge on any atom is -0.496 e. The van der Waals surface area contributed by atoms with Crippen LogP contribution in [-0.4, -0.2) is 13.7 Å². The molecule has 0 aliphatic rings. The minimum atomic E-state index is 0.239. The lowest BCUT2D eigenvalue weighted by molar-refractivity contribution is 0.329. The van der Waals surface area contributed by atoms with Crippen LogP contribution in [0.3, 0.4) is 0 Å². The second kappa shape index (κ2) is 5.17. The summed E-state index contributed by atoms with van der Waals surface area (Å²) in [5.41, 5.74) is 7.11. The van der Waals surface area contributed by atoms with Gasteiger partial charge in [0.25, 0.3) is 0 Å². The van der Waals surface area contributed by atoms with Crippen LogP contribution in [0.1, 0.15) is 25.8 Å². The van der Waals surface area contributed by atoms with Gasteiger partial charge in [-0.2, -0.15) is 0 Å². The Balaban J connectivity index is 2.79. The summed E-state index contributed by atoms with van der Waals surface area (Å²) < 4.78 is 5.34. The Morgan fingerprint density at radius 1 is 1.27 bits per heavy atom. The van der Waals surface area contributed by atoms with Crippen molar-refractivity contribution in [1.29, 1.82) is 0 Å². The number of para-hydroxylation sites is 1. The fourth-order valence-electron chi connectivity index (χ4n) is 1.84. The topological polar surface area (TPSA) is 35.2 Å². The highest BCUT2D eigenvalue weighted by molar-refractivity contribution is 5.33. The summed E-state index contributed by atoms with van der Waals surface area (Å²) in [5.74, 6) is 0.975. The van der Waals surface area contributed by atoms with E-state index in [1.165, 1.54) is 5.56 Å². The fraction of sp³-hybridized carbons (Fsp3) is 0.538. The molecule has 0 heterocycles. The van der Waals surface area contributed by atoms with Crippen LogP contribution in [0.4, 0.5) is 0 Å². The molecule has 0 radical (unpaired) electrons. The number of nitrogens with two attached hydrogens (primary N) is 1. The zero-order valence-corrected chi connectivity index (χ0v) is 9.92. The van der Waals surface area contributed by atoms with Gasteiger partial charge in [-0.15, -0.1) is 0 Å². The summed E-state index contributed by atoms with van der Waals surface area (Å²) in [6.45, 7) is 5.22. The van der Waals surface area contributed by atoms with Crippen LogP contribution in [0.5, 0.6) is 5.75 Å². The van der Waals surface area contributed by atoms with Gasteiger partial charge in [0.15, 0.2) is 0 Å². The van der Waals surface area contributed by atoms with E-state index in [0.29, 0.717) is 0 Å². The van der Waals surface area contributed by atoms with E-state index in [2.05, 4.69) is 26.0 Å². The Bertz CT molecular complexity index is 307. The first-order valence-corrected chi connectivity index (χ1v) is 5.41. The molecule has 0 aliphatic carbocycles. The number of ether oxygens (including phenoxy) is 1. The van der Waals surface area contributed by atoms with Gasteiger partial charge in [-0.3, -0.25) is 0 Å². The maximum atomic E-state index is 5.61. The predicted molar refractivity (Wildman–Crippen MR) is 64.2 cm³/mol. The highest BCUT2D eigenvalue weighted by Gasteiger charge is 2.19. The van der Waals surface area contributed by atoms with Crippen molar-refractivity contribution in [2.75, 3.05) is 13.7 Å². The number of methoxy groups -OCH3 is 1. The molecule has 0 aliphatic heterocycles. The van der Waals surface area contributed by atoms with Gasteiger partial charge in [-0.25, -0.2) is 0 Å². The van der Waals surface area contributed by atoms with Crippen molar-refractivity contribution in [3.63, 3.8) is 0 Å².